The van der Waals surface area contributed by atoms with Crippen LogP contribution in [0, 0.1) is 22.7 Å². The van der Waals surface area contributed by atoms with Crippen molar-refractivity contribution >= 4 is 5.91 Å². The average Bonchev–Trinajstić information content (AvgIpc) is 2.48. The smallest absolute Gasteiger partial charge is 0.229 e. The number of rotatable bonds is 0. The van der Waals surface area contributed by atoms with Crippen molar-refractivity contribution in [2.45, 2.75) is 53.3 Å². The molecule has 2 saturated heterocycles. The van der Waals surface area contributed by atoms with Crippen molar-refractivity contribution < 1.29 is 9.53 Å². The first kappa shape index (κ1) is 11.5. The molecule has 96 valence electrons. The SMILES string of the molecule is CC(C)(C)[C@H]1CO[C@]2(C)[C@@H]3[C@H](C(=O)N12)C3(C)C. The van der Waals surface area contributed by atoms with Gasteiger partial charge < -0.3 is 9.64 Å². The maximum absolute atomic E-state index is 12.6. The van der Waals surface area contributed by atoms with Gasteiger partial charge >= 0.3 is 0 Å². The molecule has 3 aliphatic rings. The standard InChI is InChI=1S/C14H23NO2/c1-12(2,3)8-7-17-14(6)10-9(13(10,4)5)11(16)15(8)14/h8-10H,7H2,1-6H3/t8-,9-,10-,14-/m1/s1. The molecule has 0 bridgehead atoms. The van der Waals surface area contributed by atoms with Crippen LogP contribution in [0.1, 0.15) is 41.5 Å². The van der Waals surface area contributed by atoms with Gasteiger partial charge in [-0.05, 0) is 17.8 Å². The Morgan fingerprint density at radius 2 is 1.88 bits per heavy atom. The third-order valence-electron chi connectivity index (χ3n) is 5.23. The number of amides is 1. The average molecular weight is 237 g/mol. The van der Waals surface area contributed by atoms with Gasteiger partial charge in [0.05, 0.1) is 18.6 Å². The van der Waals surface area contributed by atoms with Crippen LogP contribution in [0.2, 0.25) is 0 Å². The second-order valence-corrected chi connectivity index (χ2v) is 7.73. The van der Waals surface area contributed by atoms with E-state index in [0.717, 1.165) is 0 Å². The van der Waals surface area contributed by atoms with E-state index in [0.29, 0.717) is 18.4 Å². The fraction of sp³-hybridized carbons (Fsp3) is 0.929. The van der Waals surface area contributed by atoms with Crippen molar-refractivity contribution in [2.75, 3.05) is 6.61 Å². The molecule has 0 unspecified atom stereocenters. The van der Waals surface area contributed by atoms with Gasteiger partial charge in [0.2, 0.25) is 5.91 Å². The molecular formula is C14H23NO2. The Hall–Kier alpha value is -0.570. The quantitative estimate of drug-likeness (QED) is 0.647. The number of piperidine rings is 1. The number of nitrogens with zero attached hydrogens (tertiary/aromatic N) is 1. The minimum Gasteiger partial charge on any atom is -0.353 e. The summed E-state index contributed by atoms with van der Waals surface area (Å²) in [4.78, 5) is 14.6. The summed E-state index contributed by atoms with van der Waals surface area (Å²) < 4.78 is 6.07. The first-order valence-electron chi connectivity index (χ1n) is 6.59. The number of hydrogen-bond donors (Lipinski definition) is 0. The molecule has 1 aliphatic carbocycles. The Morgan fingerprint density at radius 1 is 1.29 bits per heavy atom. The molecule has 3 nitrogen and oxygen atoms in total. The van der Waals surface area contributed by atoms with Crippen molar-refractivity contribution in [3.63, 3.8) is 0 Å². The van der Waals surface area contributed by atoms with Crippen LogP contribution in [0.25, 0.3) is 0 Å². The molecule has 3 rings (SSSR count). The van der Waals surface area contributed by atoms with Gasteiger partial charge in [-0.25, -0.2) is 0 Å². The van der Waals surface area contributed by atoms with E-state index in [4.69, 9.17) is 4.74 Å². The number of ether oxygens (including phenoxy) is 1. The van der Waals surface area contributed by atoms with E-state index in [1.54, 1.807) is 0 Å². The van der Waals surface area contributed by atoms with E-state index in [9.17, 15) is 4.79 Å². The molecule has 0 aromatic carbocycles. The molecule has 0 spiro atoms. The zero-order valence-electron chi connectivity index (χ0n) is 11.7. The van der Waals surface area contributed by atoms with Crippen LogP contribution < -0.4 is 0 Å². The van der Waals surface area contributed by atoms with E-state index in [1.165, 1.54) is 0 Å². The van der Waals surface area contributed by atoms with Gasteiger partial charge in [-0.1, -0.05) is 34.6 Å². The topological polar surface area (TPSA) is 29.5 Å². The fourth-order valence-electron chi connectivity index (χ4n) is 4.20. The Balaban J connectivity index is 1.98. The van der Waals surface area contributed by atoms with E-state index < -0.39 is 0 Å². The van der Waals surface area contributed by atoms with Crippen molar-refractivity contribution in [1.29, 1.82) is 0 Å². The summed E-state index contributed by atoms with van der Waals surface area (Å²) in [5.41, 5.74) is -0.118. The van der Waals surface area contributed by atoms with Crippen LogP contribution >= 0.6 is 0 Å². The second kappa shape index (κ2) is 2.71. The molecule has 0 radical (unpaired) electrons. The highest BCUT2D eigenvalue weighted by atomic mass is 16.5. The summed E-state index contributed by atoms with van der Waals surface area (Å²) in [5.74, 6) is 0.896. The lowest BCUT2D eigenvalue weighted by molar-refractivity contribution is -0.147. The lowest BCUT2D eigenvalue weighted by Gasteiger charge is -2.39. The molecule has 0 aromatic rings. The third kappa shape index (κ3) is 1.14. The molecule has 3 fully saturated rings. The predicted molar refractivity (Wildman–Crippen MR) is 65.2 cm³/mol. The predicted octanol–water partition coefficient (Wildman–Crippen LogP) is 2.26. The third-order valence-corrected chi connectivity index (χ3v) is 5.23. The molecule has 2 heterocycles. The molecule has 2 aliphatic heterocycles. The first-order chi connectivity index (χ1) is 7.62. The summed E-state index contributed by atoms with van der Waals surface area (Å²) >= 11 is 0. The number of carbonyl (C=O) groups is 1. The van der Waals surface area contributed by atoms with Crippen LogP contribution in [0.15, 0.2) is 0 Å². The van der Waals surface area contributed by atoms with Gasteiger partial charge in [-0.2, -0.15) is 0 Å². The second-order valence-electron chi connectivity index (χ2n) is 7.73. The molecular weight excluding hydrogens is 214 g/mol. The summed E-state index contributed by atoms with van der Waals surface area (Å²) in [6.07, 6.45) is 0. The van der Waals surface area contributed by atoms with E-state index >= 15 is 0 Å². The number of carbonyl (C=O) groups excluding carboxylic acids is 1. The Labute approximate surface area is 104 Å². The van der Waals surface area contributed by atoms with Crippen LogP contribution in [0.5, 0.6) is 0 Å². The monoisotopic (exact) mass is 237 g/mol. The zero-order valence-corrected chi connectivity index (χ0v) is 11.7. The number of fused-ring (bicyclic) bond motifs is 3. The van der Waals surface area contributed by atoms with Gasteiger partial charge in [-0.3, -0.25) is 4.79 Å². The zero-order chi connectivity index (χ0) is 12.8. The van der Waals surface area contributed by atoms with Gasteiger partial charge in [0.25, 0.3) is 0 Å². The first-order valence-corrected chi connectivity index (χ1v) is 6.59. The van der Waals surface area contributed by atoms with Gasteiger partial charge in [0, 0.05) is 5.92 Å². The summed E-state index contributed by atoms with van der Waals surface area (Å²) in [7, 11) is 0. The normalized spacial score (nSPS) is 47.1. The lowest BCUT2D eigenvalue weighted by atomic mass is 9.85. The maximum Gasteiger partial charge on any atom is 0.229 e. The van der Waals surface area contributed by atoms with Crippen molar-refractivity contribution in [1.82, 2.24) is 4.90 Å². The van der Waals surface area contributed by atoms with Crippen molar-refractivity contribution in [3.8, 4) is 0 Å². The van der Waals surface area contributed by atoms with Crippen molar-refractivity contribution in [2.24, 2.45) is 22.7 Å². The largest absolute Gasteiger partial charge is 0.353 e. The molecule has 17 heavy (non-hydrogen) atoms. The Bertz CT molecular complexity index is 396. The van der Waals surface area contributed by atoms with Gasteiger partial charge in [0.1, 0.15) is 5.72 Å². The lowest BCUT2D eigenvalue weighted by Crippen LogP contribution is -2.52. The highest BCUT2D eigenvalue weighted by Gasteiger charge is 2.79. The molecule has 0 aromatic heterocycles. The summed E-state index contributed by atoms with van der Waals surface area (Å²) in [6, 6.07) is 0.226. The Kier molecular flexibility index (Phi) is 1.84. The van der Waals surface area contributed by atoms with Crippen LogP contribution in [0.3, 0.4) is 0 Å². The highest BCUT2D eigenvalue weighted by molar-refractivity contribution is 5.88. The van der Waals surface area contributed by atoms with E-state index in [1.807, 2.05) is 4.90 Å². The molecule has 1 amide bonds. The number of hydrogen-bond acceptors (Lipinski definition) is 2. The van der Waals surface area contributed by atoms with Gasteiger partial charge in [0.15, 0.2) is 0 Å². The molecule has 1 saturated carbocycles. The van der Waals surface area contributed by atoms with Crippen LogP contribution in [0.4, 0.5) is 0 Å². The fourth-order valence-corrected chi connectivity index (χ4v) is 4.20. The van der Waals surface area contributed by atoms with E-state index in [2.05, 4.69) is 41.5 Å². The van der Waals surface area contributed by atoms with Crippen LogP contribution in [-0.4, -0.2) is 29.2 Å². The molecule has 4 atom stereocenters. The van der Waals surface area contributed by atoms with E-state index in [-0.39, 0.29) is 28.5 Å². The molecule has 0 N–H and O–H groups in total. The minimum atomic E-state index is -0.344. The maximum atomic E-state index is 12.6. The Morgan fingerprint density at radius 3 is 2.41 bits per heavy atom. The minimum absolute atomic E-state index is 0.0916. The summed E-state index contributed by atoms with van der Waals surface area (Å²) in [6.45, 7) is 13.7. The summed E-state index contributed by atoms with van der Waals surface area (Å²) in [5, 5.41) is 0. The van der Waals surface area contributed by atoms with Gasteiger partial charge in [-0.15, -0.1) is 0 Å². The van der Waals surface area contributed by atoms with Crippen LogP contribution in [-0.2, 0) is 9.53 Å². The highest BCUT2D eigenvalue weighted by Crippen LogP contribution is 2.71. The van der Waals surface area contributed by atoms with Crippen molar-refractivity contribution in [3.05, 3.63) is 0 Å². The molecule has 3 heteroatoms.